The molecule has 1 N–H and O–H groups in total. The van der Waals surface area contributed by atoms with Crippen LogP contribution in [0.1, 0.15) is 52.4 Å². The second-order valence-electron chi connectivity index (χ2n) is 6.70. The third kappa shape index (κ3) is 2.20. The van der Waals surface area contributed by atoms with Gasteiger partial charge in [0.25, 0.3) is 0 Å². The SMILES string of the molecule is C=C(C(=O)[O-])[C@@H]1CC[C@]2(C)CCC[C@@](C)(O)[C@@H]2C1. The van der Waals surface area contributed by atoms with Gasteiger partial charge in [-0.15, -0.1) is 0 Å². The lowest BCUT2D eigenvalue weighted by Crippen LogP contribution is -2.51. The standard InChI is InChI=1S/C15H24O3/c1-10(13(16)17)11-5-8-14(2)6-4-7-15(3,18)12(14)9-11/h11-12,18H,1,4-9H2,2-3H3,(H,16,17)/p-1/t11-,12-,14+,15-/m1/s1. The van der Waals surface area contributed by atoms with Crippen LogP contribution < -0.4 is 5.11 Å². The van der Waals surface area contributed by atoms with Gasteiger partial charge in [-0.1, -0.05) is 19.9 Å². The maximum atomic E-state index is 10.9. The third-order valence-corrected chi connectivity index (χ3v) is 5.36. The molecule has 0 aromatic rings. The molecular weight excluding hydrogens is 228 g/mol. The monoisotopic (exact) mass is 251 g/mol. The molecule has 18 heavy (non-hydrogen) atoms. The van der Waals surface area contributed by atoms with Crippen LogP contribution >= 0.6 is 0 Å². The van der Waals surface area contributed by atoms with Gasteiger partial charge in [0.05, 0.1) is 11.6 Å². The van der Waals surface area contributed by atoms with E-state index in [-0.39, 0.29) is 22.8 Å². The van der Waals surface area contributed by atoms with Crippen LogP contribution in [0.15, 0.2) is 12.2 Å². The summed E-state index contributed by atoms with van der Waals surface area (Å²) in [5.41, 5.74) is -0.305. The first-order valence-corrected chi connectivity index (χ1v) is 6.89. The lowest BCUT2D eigenvalue weighted by molar-refractivity contribution is -0.300. The Bertz CT molecular complexity index is 372. The summed E-state index contributed by atoms with van der Waals surface area (Å²) in [5, 5.41) is 21.5. The van der Waals surface area contributed by atoms with E-state index in [0.717, 1.165) is 38.5 Å². The Labute approximate surface area is 109 Å². The Morgan fingerprint density at radius 3 is 2.61 bits per heavy atom. The number of aliphatic hydroxyl groups is 1. The number of hydrogen-bond acceptors (Lipinski definition) is 3. The van der Waals surface area contributed by atoms with Crippen LogP contribution in [0.4, 0.5) is 0 Å². The van der Waals surface area contributed by atoms with Gasteiger partial charge in [0, 0.05) is 0 Å². The van der Waals surface area contributed by atoms with Crippen molar-refractivity contribution in [3.8, 4) is 0 Å². The zero-order chi connectivity index (χ0) is 13.6. The zero-order valence-electron chi connectivity index (χ0n) is 11.4. The van der Waals surface area contributed by atoms with E-state index in [4.69, 9.17) is 0 Å². The van der Waals surface area contributed by atoms with Gasteiger partial charge in [-0.2, -0.15) is 0 Å². The van der Waals surface area contributed by atoms with E-state index in [1.54, 1.807) is 0 Å². The van der Waals surface area contributed by atoms with Crippen LogP contribution in [0.25, 0.3) is 0 Å². The van der Waals surface area contributed by atoms with Crippen molar-refractivity contribution in [1.29, 1.82) is 0 Å². The summed E-state index contributed by atoms with van der Waals surface area (Å²) in [6, 6.07) is 0. The van der Waals surface area contributed by atoms with E-state index in [2.05, 4.69) is 13.5 Å². The Hall–Kier alpha value is -0.830. The van der Waals surface area contributed by atoms with Crippen LogP contribution in [0, 0.1) is 17.3 Å². The highest BCUT2D eigenvalue weighted by Gasteiger charge is 2.50. The van der Waals surface area contributed by atoms with Crippen LogP contribution in [-0.4, -0.2) is 16.7 Å². The van der Waals surface area contributed by atoms with Crippen LogP contribution in [0.2, 0.25) is 0 Å². The first-order chi connectivity index (χ1) is 8.26. The molecule has 0 saturated heterocycles. The topological polar surface area (TPSA) is 60.4 Å². The van der Waals surface area contributed by atoms with Crippen molar-refractivity contribution in [3.05, 3.63) is 12.2 Å². The van der Waals surface area contributed by atoms with Gasteiger partial charge in [0.15, 0.2) is 0 Å². The molecular formula is C15H23O3-. The molecule has 0 aliphatic heterocycles. The van der Waals surface area contributed by atoms with Gasteiger partial charge in [0.2, 0.25) is 0 Å². The molecule has 0 spiro atoms. The molecule has 3 nitrogen and oxygen atoms in total. The molecule has 102 valence electrons. The molecule has 0 radical (unpaired) electrons. The highest BCUT2D eigenvalue weighted by molar-refractivity contribution is 5.84. The smallest absolute Gasteiger partial charge is 0.0671 e. The molecule has 2 fully saturated rings. The molecule has 0 bridgehead atoms. The van der Waals surface area contributed by atoms with Gasteiger partial charge < -0.3 is 15.0 Å². The minimum atomic E-state index is -1.14. The highest BCUT2D eigenvalue weighted by atomic mass is 16.4. The first kappa shape index (κ1) is 13.6. The third-order valence-electron chi connectivity index (χ3n) is 5.36. The lowest BCUT2D eigenvalue weighted by Gasteiger charge is -2.54. The van der Waals surface area contributed by atoms with Gasteiger partial charge in [0.1, 0.15) is 0 Å². The number of rotatable bonds is 2. The number of fused-ring (bicyclic) bond motifs is 1. The van der Waals surface area contributed by atoms with Gasteiger partial charge in [-0.05, 0) is 61.9 Å². The summed E-state index contributed by atoms with van der Waals surface area (Å²) in [6.07, 6.45) is 5.58. The minimum absolute atomic E-state index is 0.0300. The van der Waals surface area contributed by atoms with E-state index in [1.807, 2.05) is 6.92 Å². The van der Waals surface area contributed by atoms with Gasteiger partial charge >= 0.3 is 0 Å². The molecule has 0 amide bonds. The highest BCUT2D eigenvalue weighted by Crippen LogP contribution is 2.56. The van der Waals surface area contributed by atoms with E-state index in [9.17, 15) is 15.0 Å². The molecule has 0 heterocycles. The van der Waals surface area contributed by atoms with Crippen molar-refractivity contribution in [3.63, 3.8) is 0 Å². The summed E-state index contributed by atoms with van der Waals surface area (Å²) in [4.78, 5) is 10.9. The van der Waals surface area contributed by atoms with Gasteiger partial charge in [-0.25, -0.2) is 0 Å². The van der Waals surface area contributed by atoms with Crippen molar-refractivity contribution >= 4 is 5.97 Å². The van der Waals surface area contributed by atoms with Crippen LogP contribution in [0.3, 0.4) is 0 Å². The summed E-state index contributed by atoms with van der Waals surface area (Å²) in [5.74, 6) is -0.995. The zero-order valence-corrected chi connectivity index (χ0v) is 11.4. The second-order valence-corrected chi connectivity index (χ2v) is 6.70. The van der Waals surface area contributed by atoms with Crippen molar-refractivity contribution in [2.75, 3.05) is 0 Å². The number of carboxylic acids is 1. The van der Waals surface area contributed by atoms with Gasteiger partial charge in [-0.3, -0.25) is 0 Å². The molecule has 3 heteroatoms. The summed E-state index contributed by atoms with van der Waals surface area (Å²) in [6.45, 7) is 7.78. The molecule has 2 rings (SSSR count). The number of hydrogen-bond donors (Lipinski definition) is 1. The maximum absolute atomic E-state index is 10.9. The molecule has 0 unspecified atom stereocenters. The van der Waals surface area contributed by atoms with E-state index < -0.39 is 11.6 Å². The molecule has 2 saturated carbocycles. The minimum Gasteiger partial charge on any atom is -0.545 e. The lowest BCUT2D eigenvalue weighted by atomic mass is 9.53. The fourth-order valence-corrected chi connectivity index (χ4v) is 4.18. The summed E-state index contributed by atoms with van der Waals surface area (Å²) < 4.78 is 0. The first-order valence-electron chi connectivity index (χ1n) is 6.89. The predicted molar refractivity (Wildman–Crippen MR) is 67.6 cm³/mol. The van der Waals surface area contributed by atoms with E-state index >= 15 is 0 Å². The fourth-order valence-electron chi connectivity index (χ4n) is 4.18. The second kappa shape index (κ2) is 4.37. The predicted octanol–water partition coefficient (Wildman–Crippen LogP) is 1.65. The molecule has 2 aliphatic rings. The molecule has 0 aromatic heterocycles. The average molecular weight is 251 g/mol. The normalized spacial score (nSPS) is 44.2. The number of carbonyl (C=O) groups excluding carboxylic acids is 1. The van der Waals surface area contributed by atoms with Crippen molar-refractivity contribution in [2.24, 2.45) is 17.3 Å². The fraction of sp³-hybridized carbons (Fsp3) is 0.800. The van der Waals surface area contributed by atoms with E-state index in [0.29, 0.717) is 0 Å². The Kier molecular flexibility index (Phi) is 3.30. The quantitative estimate of drug-likeness (QED) is 0.759. The Morgan fingerprint density at radius 1 is 1.33 bits per heavy atom. The number of carboxylic acid groups (broad SMARTS) is 1. The van der Waals surface area contributed by atoms with Crippen LogP contribution in [-0.2, 0) is 4.79 Å². The summed E-state index contributed by atoms with van der Waals surface area (Å²) >= 11 is 0. The summed E-state index contributed by atoms with van der Waals surface area (Å²) in [7, 11) is 0. The Morgan fingerprint density at radius 2 is 2.00 bits per heavy atom. The average Bonchev–Trinajstić information content (AvgIpc) is 2.27. The maximum Gasteiger partial charge on any atom is 0.0671 e. The van der Waals surface area contributed by atoms with Crippen LogP contribution in [0.5, 0.6) is 0 Å². The molecule has 0 aromatic carbocycles. The largest absolute Gasteiger partial charge is 0.545 e. The number of carbonyl (C=O) groups is 1. The molecule has 2 aliphatic carbocycles. The Balaban J connectivity index is 2.19. The molecule has 4 atom stereocenters. The number of aliphatic carboxylic acids is 1. The van der Waals surface area contributed by atoms with Crippen molar-refractivity contribution < 1.29 is 15.0 Å². The van der Waals surface area contributed by atoms with E-state index in [1.165, 1.54) is 0 Å². The van der Waals surface area contributed by atoms with Crippen molar-refractivity contribution in [2.45, 2.75) is 58.0 Å². The van der Waals surface area contributed by atoms with Crippen molar-refractivity contribution in [1.82, 2.24) is 0 Å².